The van der Waals surface area contributed by atoms with Crippen LogP contribution in [0.4, 0.5) is 18.9 Å². The van der Waals surface area contributed by atoms with Crippen molar-refractivity contribution in [2.75, 3.05) is 5.32 Å². The van der Waals surface area contributed by atoms with Gasteiger partial charge in [-0.1, -0.05) is 24.8 Å². The number of hydrogen-bond acceptors (Lipinski definition) is 3. The van der Waals surface area contributed by atoms with Crippen LogP contribution in [0.25, 0.3) is 27.7 Å². The summed E-state index contributed by atoms with van der Waals surface area (Å²) in [6.45, 7) is 4.03. The van der Waals surface area contributed by atoms with E-state index in [1.54, 1.807) is 23.1 Å². The van der Waals surface area contributed by atoms with Crippen LogP contribution in [0, 0.1) is 0 Å². The van der Waals surface area contributed by atoms with Crippen LogP contribution in [0.5, 0.6) is 0 Å². The maximum atomic E-state index is 13.0. The number of halogens is 3. The van der Waals surface area contributed by atoms with Gasteiger partial charge in [0.25, 0.3) is 0 Å². The standard InChI is InChI=1S/C22H17F3N4/c1-14(21-8-9-27-29(21)2)28-19-7-6-16-10-17(13-26-20(16)12-19)15-4-3-5-18(11-15)22(23,24)25/h3-13,28H,1H2,2H3. The highest BCUT2D eigenvalue weighted by atomic mass is 19.4. The predicted octanol–water partition coefficient (Wildman–Crippen LogP) is 5.74. The third-order valence-corrected chi connectivity index (χ3v) is 4.63. The molecule has 0 saturated carbocycles. The SMILES string of the molecule is C=C(Nc1ccc2cc(-c3cccc(C(F)(F)F)c3)cnc2c1)c1ccnn1C. The summed E-state index contributed by atoms with van der Waals surface area (Å²) in [7, 11) is 1.83. The number of aromatic nitrogens is 3. The van der Waals surface area contributed by atoms with Gasteiger partial charge in [-0.25, -0.2) is 0 Å². The van der Waals surface area contributed by atoms with Gasteiger partial charge < -0.3 is 5.32 Å². The largest absolute Gasteiger partial charge is 0.416 e. The molecule has 0 fully saturated rings. The van der Waals surface area contributed by atoms with Crippen molar-refractivity contribution in [3.05, 3.63) is 84.8 Å². The molecule has 0 unspecified atom stereocenters. The Morgan fingerprint density at radius 1 is 1.03 bits per heavy atom. The Kier molecular flexibility index (Phi) is 4.58. The van der Waals surface area contributed by atoms with Gasteiger partial charge in [0.1, 0.15) is 0 Å². The van der Waals surface area contributed by atoms with Crippen molar-refractivity contribution >= 4 is 22.3 Å². The molecule has 0 bridgehead atoms. The molecule has 2 heterocycles. The van der Waals surface area contributed by atoms with E-state index in [2.05, 4.69) is 22.0 Å². The van der Waals surface area contributed by atoms with Gasteiger partial charge in [0.2, 0.25) is 0 Å². The van der Waals surface area contributed by atoms with Crippen molar-refractivity contribution in [1.29, 1.82) is 0 Å². The molecule has 2 aromatic heterocycles. The first-order valence-corrected chi connectivity index (χ1v) is 8.83. The fourth-order valence-electron chi connectivity index (χ4n) is 3.14. The molecular weight excluding hydrogens is 377 g/mol. The number of fused-ring (bicyclic) bond motifs is 1. The fourth-order valence-corrected chi connectivity index (χ4v) is 3.14. The van der Waals surface area contributed by atoms with Crippen LogP contribution in [0.15, 0.2) is 73.6 Å². The van der Waals surface area contributed by atoms with Gasteiger partial charge in [-0.2, -0.15) is 18.3 Å². The van der Waals surface area contributed by atoms with Crippen molar-refractivity contribution in [3.8, 4) is 11.1 Å². The second-order valence-electron chi connectivity index (χ2n) is 6.65. The van der Waals surface area contributed by atoms with E-state index < -0.39 is 11.7 Å². The van der Waals surface area contributed by atoms with Gasteiger partial charge in [-0.15, -0.1) is 0 Å². The Labute approximate surface area is 165 Å². The molecule has 0 amide bonds. The zero-order valence-electron chi connectivity index (χ0n) is 15.5. The Balaban J connectivity index is 1.62. The van der Waals surface area contributed by atoms with E-state index in [4.69, 9.17) is 0 Å². The predicted molar refractivity (Wildman–Crippen MR) is 108 cm³/mol. The summed E-state index contributed by atoms with van der Waals surface area (Å²) in [6, 6.07) is 14.5. The molecule has 4 aromatic rings. The zero-order valence-corrected chi connectivity index (χ0v) is 15.5. The van der Waals surface area contributed by atoms with E-state index in [1.807, 2.05) is 37.4 Å². The molecule has 0 aliphatic rings. The normalized spacial score (nSPS) is 11.6. The average molecular weight is 394 g/mol. The summed E-state index contributed by atoms with van der Waals surface area (Å²) in [5.74, 6) is 0. The Morgan fingerprint density at radius 3 is 2.59 bits per heavy atom. The number of anilines is 1. The molecular formula is C22H17F3N4. The lowest BCUT2D eigenvalue weighted by Gasteiger charge is -2.11. The lowest BCUT2D eigenvalue weighted by Crippen LogP contribution is -2.04. The average Bonchev–Trinajstić information content (AvgIpc) is 3.13. The number of alkyl halides is 3. The zero-order chi connectivity index (χ0) is 20.6. The maximum Gasteiger partial charge on any atom is 0.416 e. The van der Waals surface area contributed by atoms with E-state index in [1.165, 1.54) is 6.07 Å². The van der Waals surface area contributed by atoms with Crippen LogP contribution in [0.2, 0.25) is 0 Å². The minimum Gasteiger partial charge on any atom is -0.354 e. The number of aryl methyl sites for hydroxylation is 1. The van der Waals surface area contributed by atoms with Crippen LogP contribution in [-0.4, -0.2) is 14.8 Å². The highest BCUT2D eigenvalue weighted by Gasteiger charge is 2.30. The topological polar surface area (TPSA) is 42.7 Å². The number of rotatable bonds is 4. The van der Waals surface area contributed by atoms with Gasteiger partial charge in [0.15, 0.2) is 0 Å². The van der Waals surface area contributed by atoms with Crippen molar-refractivity contribution in [3.63, 3.8) is 0 Å². The first-order chi connectivity index (χ1) is 13.8. The summed E-state index contributed by atoms with van der Waals surface area (Å²) in [5.41, 5.74) is 3.52. The number of benzene rings is 2. The molecule has 2 aromatic carbocycles. The van der Waals surface area contributed by atoms with E-state index in [0.29, 0.717) is 16.8 Å². The molecule has 146 valence electrons. The first kappa shape index (κ1) is 18.7. The highest BCUT2D eigenvalue weighted by molar-refractivity contribution is 5.88. The summed E-state index contributed by atoms with van der Waals surface area (Å²) < 4.78 is 40.6. The number of hydrogen-bond donors (Lipinski definition) is 1. The van der Waals surface area contributed by atoms with Gasteiger partial charge in [-0.3, -0.25) is 9.67 Å². The molecule has 0 aliphatic heterocycles. The van der Waals surface area contributed by atoms with Crippen LogP contribution >= 0.6 is 0 Å². The lowest BCUT2D eigenvalue weighted by molar-refractivity contribution is -0.137. The van der Waals surface area contributed by atoms with Crippen LogP contribution in [0.3, 0.4) is 0 Å². The Hall–Kier alpha value is -3.61. The van der Waals surface area contributed by atoms with Gasteiger partial charge in [0.05, 0.1) is 22.5 Å². The van der Waals surface area contributed by atoms with Crippen molar-refractivity contribution < 1.29 is 13.2 Å². The Morgan fingerprint density at radius 2 is 1.86 bits per heavy atom. The van der Waals surface area contributed by atoms with Gasteiger partial charge >= 0.3 is 6.18 Å². The fraction of sp³-hybridized carbons (Fsp3) is 0.0909. The van der Waals surface area contributed by atoms with Crippen molar-refractivity contribution in [2.45, 2.75) is 6.18 Å². The minimum atomic E-state index is -4.38. The monoisotopic (exact) mass is 394 g/mol. The highest BCUT2D eigenvalue weighted by Crippen LogP contribution is 2.33. The van der Waals surface area contributed by atoms with Gasteiger partial charge in [-0.05, 0) is 42.0 Å². The third kappa shape index (κ3) is 3.85. The third-order valence-electron chi connectivity index (χ3n) is 4.63. The molecule has 7 heteroatoms. The molecule has 0 atom stereocenters. The van der Waals surface area contributed by atoms with E-state index in [9.17, 15) is 13.2 Å². The summed E-state index contributed by atoms with van der Waals surface area (Å²) in [5, 5.41) is 8.18. The van der Waals surface area contributed by atoms with E-state index in [-0.39, 0.29) is 0 Å². The van der Waals surface area contributed by atoms with E-state index in [0.717, 1.165) is 34.4 Å². The summed E-state index contributed by atoms with van der Waals surface area (Å²) >= 11 is 0. The summed E-state index contributed by atoms with van der Waals surface area (Å²) in [4.78, 5) is 4.43. The molecule has 29 heavy (non-hydrogen) atoms. The molecule has 0 radical (unpaired) electrons. The quantitative estimate of drug-likeness (QED) is 0.480. The second kappa shape index (κ2) is 7.09. The lowest BCUT2D eigenvalue weighted by atomic mass is 10.0. The number of pyridine rings is 1. The smallest absolute Gasteiger partial charge is 0.354 e. The second-order valence-corrected chi connectivity index (χ2v) is 6.65. The molecule has 0 spiro atoms. The molecule has 1 N–H and O–H groups in total. The molecule has 4 rings (SSSR count). The molecule has 0 aliphatic carbocycles. The molecule has 0 saturated heterocycles. The summed E-state index contributed by atoms with van der Waals surface area (Å²) in [6.07, 6.45) is -1.10. The number of nitrogens with zero attached hydrogens (tertiary/aromatic N) is 3. The first-order valence-electron chi connectivity index (χ1n) is 8.83. The maximum absolute atomic E-state index is 13.0. The minimum absolute atomic E-state index is 0.473. The van der Waals surface area contributed by atoms with E-state index >= 15 is 0 Å². The number of nitrogens with one attached hydrogen (secondary N) is 1. The van der Waals surface area contributed by atoms with Crippen molar-refractivity contribution in [1.82, 2.24) is 14.8 Å². The van der Waals surface area contributed by atoms with Crippen LogP contribution < -0.4 is 5.32 Å². The van der Waals surface area contributed by atoms with Crippen LogP contribution in [-0.2, 0) is 13.2 Å². The Bertz CT molecular complexity index is 1210. The van der Waals surface area contributed by atoms with Gasteiger partial charge in [0, 0.05) is 36.1 Å². The van der Waals surface area contributed by atoms with Crippen molar-refractivity contribution in [2.24, 2.45) is 7.05 Å². The molecule has 4 nitrogen and oxygen atoms in total. The van der Waals surface area contributed by atoms with Crippen LogP contribution in [0.1, 0.15) is 11.3 Å².